The molecular formula is C12H9F2NO. The lowest BCUT2D eigenvalue weighted by Gasteiger charge is -2.11. The van der Waals surface area contributed by atoms with Crippen molar-refractivity contribution in [3.63, 3.8) is 0 Å². The molecule has 1 unspecified atom stereocenters. The zero-order chi connectivity index (χ0) is 11.5. The number of aromatic nitrogens is 1. The lowest BCUT2D eigenvalue weighted by atomic mass is 10.0. The summed E-state index contributed by atoms with van der Waals surface area (Å²) in [5, 5.41) is 9.86. The molecule has 0 bridgehead atoms. The van der Waals surface area contributed by atoms with Gasteiger partial charge in [-0.05, 0) is 12.1 Å². The highest BCUT2D eigenvalue weighted by molar-refractivity contribution is 5.29. The van der Waals surface area contributed by atoms with Gasteiger partial charge in [0.25, 0.3) is 0 Å². The van der Waals surface area contributed by atoms with E-state index >= 15 is 0 Å². The molecule has 0 aliphatic rings. The number of aliphatic hydroxyl groups is 1. The molecule has 1 aromatic carbocycles. The Hall–Kier alpha value is -1.81. The largest absolute Gasteiger partial charge is 0.383 e. The number of pyridine rings is 1. The first kappa shape index (κ1) is 10.7. The van der Waals surface area contributed by atoms with Crippen LogP contribution in [0.25, 0.3) is 0 Å². The van der Waals surface area contributed by atoms with Crippen molar-refractivity contribution in [3.05, 3.63) is 65.5 Å². The minimum absolute atomic E-state index is 0.0365. The summed E-state index contributed by atoms with van der Waals surface area (Å²) >= 11 is 0. The highest BCUT2D eigenvalue weighted by Crippen LogP contribution is 2.23. The van der Waals surface area contributed by atoms with Gasteiger partial charge in [0.2, 0.25) is 0 Å². The molecule has 16 heavy (non-hydrogen) atoms. The van der Waals surface area contributed by atoms with Crippen LogP contribution in [0.3, 0.4) is 0 Å². The summed E-state index contributed by atoms with van der Waals surface area (Å²) in [5.74, 6) is -1.43. The molecule has 0 radical (unpaired) electrons. The van der Waals surface area contributed by atoms with Crippen LogP contribution in [-0.4, -0.2) is 10.1 Å². The second kappa shape index (κ2) is 4.37. The lowest BCUT2D eigenvalue weighted by molar-refractivity contribution is 0.214. The molecule has 4 heteroatoms. The molecule has 2 aromatic rings. The van der Waals surface area contributed by atoms with Gasteiger partial charge in [-0.3, -0.25) is 4.98 Å². The standard InChI is InChI=1S/C12H9F2NO/c13-9-3-4-10(11(14)6-9)12(16)8-2-1-5-15-7-8/h1-7,12,16H. The van der Waals surface area contributed by atoms with Gasteiger partial charge in [-0.15, -0.1) is 0 Å². The summed E-state index contributed by atoms with van der Waals surface area (Å²) in [6.45, 7) is 0. The van der Waals surface area contributed by atoms with Crippen LogP contribution < -0.4 is 0 Å². The lowest BCUT2D eigenvalue weighted by Crippen LogP contribution is -2.03. The number of hydrogen-bond donors (Lipinski definition) is 1. The highest BCUT2D eigenvalue weighted by atomic mass is 19.1. The first-order valence-electron chi connectivity index (χ1n) is 4.71. The monoisotopic (exact) mass is 221 g/mol. The molecule has 0 saturated carbocycles. The zero-order valence-electron chi connectivity index (χ0n) is 8.27. The molecule has 0 aliphatic heterocycles. The minimum atomic E-state index is -1.13. The zero-order valence-corrected chi connectivity index (χ0v) is 8.27. The van der Waals surface area contributed by atoms with Crippen molar-refractivity contribution in [2.24, 2.45) is 0 Å². The third-order valence-corrected chi connectivity index (χ3v) is 2.26. The number of rotatable bonds is 2. The molecular weight excluding hydrogens is 212 g/mol. The van der Waals surface area contributed by atoms with Crippen molar-refractivity contribution in [2.45, 2.75) is 6.10 Å². The van der Waals surface area contributed by atoms with Crippen LogP contribution in [0.1, 0.15) is 17.2 Å². The molecule has 1 heterocycles. The van der Waals surface area contributed by atoms with Crippen molar-refractivity contribution in [1.82, 2.24) is 4.98 Å². The first-order chi connectivity index (χ1) is 7.68. The fourth-order valence-corrected chi connectivity index (χ4v) is 1.44. The van der Waals surface area contributed by atoms with E-state index in [0.29, 0.717) is 5.56 Å². The number of halogens is 2. The molecule has 0 fully saturated rings. The summed E-state index contributed by atoms with van der Waals surface area (Å²) < 4.78 is 26.0. The second-order valence-electron chi connectivity index (χ2n) is 3.35. The Balaban J connectivity index is 2.38. The SMILES string of the molecule is OC(c1cccnc1)c1ccc(F)cc1F. The van der Waals surface area contributed by atoms with Crippen LogP contribution >= 0.6 is 0 Å². The number of aliphatic hydroxyl groups excluding tert-OH is 1. The maximum Gasteiger partial charge on any atom is 0.132 e. The molecule has 0 amide bonds. The Morgan fingerprint density at radius 1 is 1.19 bits per heavy atom. The van der Waals surface area contributed by atoms with E-state index in [1.54, 1.807) is 18.3 Å². The minimum Gasteiger partial charge on any atom is -0.383 e. The van der Waals surface area contributed by atoms with Gasteiger partial charge in [-0.2, -0.15) is 0 Å². The van der Waals surface area contributed by atoms with Gasteiger partial charge >= 0.3 is 0 Å². The van der Waals surface area contributed by atoms with Crippen LogP contribution in [0.15, 0.2) is 42.7 Å². The first-order valence-corrected chi connectivity index (χ1v) is 4.71. The van der Waals surface area contributed by atoms with Crippen LogP contribution in [0.4, 0.5) is 8.78 Å². The smallest absolute Gasteiger partial charge is 0.132 e. The van der Waals surface area contributed by atoms with E-state index in [9.17, 15) is 13.9 Å². The van der Waals surface area contributed by atoms with E-state index in [1.165, 1.54) is 12.3 Å². The Bertz CT molecular complexity index is 488. The number of hydrogen-bond acceptors (Lipinski definition) is 2. The van der Waals surface area contributed by atoms with Gasteiger partial charge < -0.3 is 5.11 Å². The highest BCUT2D eigenvalue weighted by Gasteiger charge is 2.15. The number of benzene rings is 1. The summed E-state index contributed by atoms with van der Waals surface area (Å²) in [4.78, 5) is 3.82. The normalized spacial score (nSPS) is 12.4. The predicted molar refractivity (Wildman–Crippen MR) is 54.7 cm³/mol. The van der Waals surface area contributed by atoms with Gasteiger partial charge in [0, 0.05) is 29.6 Å². The maximum atomic E-state index is 13.4. The molecule has 82 valence electrons. The molecule has 1 atom stereocenters. The van der Waals surface area contributed by atoms with Gasteiger partial charge in [0.1, 0.15) is 17.7 Å². The quantitative estimate of drug-likeness (QED) is 0.844. The van der Waals surface area contributed by atoms with Crippen molar-refractivity contribution < 1.29 is 13.9 Å². The molecule has 0 spiro atoms. The van der Waals surface area contributed by atoms with Crippen molar-refractivity contribution >= 4 is 0 Å². The molecule has 0 saturated heterocycles. The fourth-order valence-electron chi connectivity index (χ4n) is 1.44. The average Bonchev–Trinajstić information content (AvgIpc) is 2.29. The summed E-state index contributed by atoms with van der Waals surface area (Å²) in [6.07, 6.45) is 1.86. The van der Waals surface area contributed by atoms with Crippen LogP contribution in [0.5, 0.6) is 0 Å². The van der Waals surface area contributed by atoms with Crippen molar-refractivity contribution in [2.75, 3.05) is 0 Å². The van der Waals surface area contributed by atoms with E-state index in [-0.39, 0.29) is 5.56 Å². The Kier molecular flexibility index (Phi) is 2.92. The maximum absolute atomic E-state index is 13.4. The average molecular weight is 221 g/mol. The molecule has 2 rings (SSSR count). The predicted octanol–water partition coefficient (Wildman–Crippen LogP) is 2.44. The summed E-state index contributed by atoms with van der Waals surface area (Å²) in [5.41, 5.74) is 0.502. The molecule has 1 aromatic heterocycles. The van der Waals surface area contributed by atoms with Gasteiger partial charge in [-0.25, -0.2) is 8.78 Å². The summed E-state index contributed by atoms with van der Waals surface area (Å²) in [6, 6.07) is 6.34. The third-order valence-electron chi connectivity index (χ3n) is 2.26. The van der Waals surface area contributed by atoms with E-state index in [2.05, 4.69) is 4.98 Å². The second-order valence-corrected chi connectivity index (χ2v) is 3.35. The van der Waals surface area contributed by atoms with E-state index in [1.807, 2.05) is 0 Å². The van der Waals surface area contributed by atoms with Gasteiger partial charge in [-0.1, -0.05) is 12.1 Å². The van der Waals surface area contributed by atoms with Gasteiger partial charge in [0.05, 0.1) is 0 Å². The van der Waals surface area contributed by atoms with Crippen LogP contribution in [0, 0.1) is 11.6 Å². The number of nitrogens with zero attached hydrogens (tertiary/aromatic N) is 1. The van der Waals surface area contributed by atoms with E-state index in [0.717, 1.165) is 12.1 Å². The third kappa shape index (κ3) is 2.06. The van der Waals surface area contributed by atoms with Crippen molar-refractivity contribution in [1.29, 1.82) is 0 Å². The van der Waals surface area contributed by atoms with Crippen LogP contribution in [-0.2, 0) is 0 Å². The molecule has 1 N–H and O–H groups in total. The summed E-state index contributed by atoms with van der Waals surface area (Å²) in [7, 11) is 0. The van der Waals surface area contributed by atoms with Gasteiger partial charge in [0.15, 0.2) is 0 Å². The van der Waals surface area contributed by atoms with Crippen molar-refractivity contribution in [3.8, 4) is 0 Å². The Morgan fingerprint density at radius 3 is 2.62 bits per heavy atom. The Labute approximate surface area is 91.2 Å². The van der Waals surface area contributed by atoms with E-state index in [4.69, 9.17) is 0 Å². The van der Waals surface area contributed by atoms with Crippen LogP contribution in [0.2, 0.25) is 0 Å². The van der Waals surface area contributed by atoms with E-state index < -0.39 is 17.7 Å². The topological polar surface area (TPSA) is 33.1 Å². The molecule has 0 aliphatic carbocycles. The Morgan fingerprint density at radius 2 is 2.00 bits per heavy atom. The fraction of sp³-hybridized carbons (Fsp3) is 0.0833. The molecule has 2 nitrogen and oxygen atoms in total.